The summed E-state index contributed by atoms with van der Waals surface area (Å²) in [5.41, 5.74) is 8.02. The molecule has 0 saturated carbocycles. The predicted molar refractivity (Wildman–Crippen MR) is 245 cm³/mol. The number of ketones is 2. The number of hydrogen-bond acceptors (Lipinski definition) is 9. The second-order valence-electron chi connectivity index (χ2n) is 14.7. The summed E-state index contributed by atoms with van der Waals surface area (Å²) < 4.78 is 2.01. The van der Waals surface area contributed by atoms with Crippen LogP contribution in [0.3, 0.4) is 0 Å². The molecular formula is C49H40BrN7O5. The van der Waals surface area contributed by atoms with Crippen molar-refractivity contribution in [2.75, 3.05) is 0 Å². The van der Waals surface area contributed by atoms with E-state index < -0.39 is 0 Å². The first-order valence-electron chi connectivity index (χ1n) is 19.6. The van der Waals surface area contributed by atoms with Gasteiger partial charge in [0.15, 0.2) is 16.0 Å². The van der Waals surface area contributed by atoms with Gasteiger partial charge in [-0.1, -0.05) is 66.7 Å². The van der Waals surface area contributed by atoms with E-state index in [1.54, 1.807) is 65.3 Å². The Balaban J connectivity index is 0.000000152. The van der Waals surface area contributed by atoms with Crippen molar-refractivity contribution < 1.29 is 9.59 Å². The second-order valence-corrected chi connectivity index (χ2v) is 15.5. The van der Waals surface area contributed by atoms with Crippen molar-refractivity contribution in [2.45, 2.75) is 41.2 Å². The Labute approximate surface area is 363 Å². The Kier molecular flexibility index (Phi) is 12.6. The Morgan fingerprint density at radius 2 is 1.06 bits per heavy atom. The maximum atomic E-state index is 13.1. The summed E-state index contributed by atoms with van der Waals surface area (Å²) in [5.74, 6) is -0.722. The number of carbonyl (C=O) groups excluding carboxylic acids is 2. The minimum Gasteiger partial charge on any atom is -0.287 e. The average molecular weight is 887 g/mol. The van der Waals surface area contributed by atoms with Crippen molar-refractivity contribution in [2.24, 2.45) is 0 Å². The predicted octanol–water partition coefficient (Wildman–Crippen LogP) is 8.45. The highest BCUT2D eigenvalue weighted by molar-refractivity contribution is 9.10. The molecule has 0 aliphatic rings. The molecule has 0 aliphatic heterocycles. The molecule has 0 fully saturated rings. The van der Waals surface area contributed by atoms with E-state index in [-0.39, 0.29) is 39.2 Å². The number of halogens is 1. The Bertz CT molecular complexity index is 3370. The van der Waals surface area contributed by atoms with Gasteiger partial charge < -0.3 is 0 Å². The number of aromatic nitrogens is 7. The van der Waals surface area contributed by atoms with Crippen LogP contribution < -0.4 is 16.3 Å². The van der Waals surface area contributed by atoms with Crippen LogP contribution in [-0.2, 0) is 6.54 Å². The zero-order chi connectivity index (χ0) is 44.1. The molecule has 0 bridgehead atoms. The number of benzene rings is 5. The van der Waals surface area contributed by atoms with Crippen LogP contribution in [0.4, 0.5) is 0 Å². The van der Waals surface area contributed by atoms with Gasteiger partial charge in [0.05, 0.1) is 28.8 Å². The van der Waals surface area contributed by atoms with Gasteiger partial charge >= 0.3 is 0 Å². The molecule has 4 aromatic heterocycles. The van der Waals surface area contributed by atoms with Crippen molar-refractivity contribution in [3.8, 4) is 0 Å². The molecule has 0 unspecified atom stereocenters. The number of H-pyrrole nitrogens is 2. The molecule has 0 saturated heterocycles. The first kappa shape index (κ1) is 42.6. The number of fused-ring (bicyclic) bond motifs is 3. The van der Waals surface area contributed by atoms with Gasteiger partial charge in [-0.3, -0.25) is 43.8 Å². The molecule has 308 valence electrons. The van der Waals surface area contributed by atoms with Crippen molar-refractivity contribution in [3.05, 3.63) is 219 Å². The highest BCUT2D eigenvalue weighted by atomic mass is 79.9. The van der Waals surface area contributed by atoms with Gasteiger partial charge in [-0.05, 0) is 133 Å². The van der Waals surface area contributed by atoms with Crippen LogP contribution in [0.2, 0.25) is 0 Å². The molecule has 0 amide bonds. The third kappa shape index (κ3) is 9.13. The number of rotatable bonds is 6. The smallest absolute Gasteiger partial charge is 0.222 e. The van der Waals surface area contributed by atoms with E-state index in [0.29, 0.717) is 49.5 Å². The lowest BCUT2D eigenvalue weighted by Gasteiger charge is -2.12. The lowest BCUT2D eigenvalue weighted by molar-refractivity contribution is 0.102. The number of nitrogens with zero attached hydrogens (tertiary/aromatic N) is 5. The summed E-state index contributed by atoms with van der Waals surface area (Å²) in [7, 11) is 0. The van der Waals surface area contributed by atoms with E-state index >= 15 is 0 Å². The lowest BCUT2D eigenvalue weighted by atomic mass is 10.0. The molecule has 9 rings (SSSR count). The average Bonchev–Trinajstić information content (AvgIpc) is 3.28. The Morgan fingerprint density at radius 3 is 1.66 bits per heavy atom. The summed E-state index contributed by atoms with van der Waals surface area (Å²) >= 11 is 3.06. The van der Waals surface area contributed by atoms with E-state index in [1.807, 2.05) is 101 Å². The van der Waals surface area contributed by atoms with Crippen molar-refractivity contribution in [1.29, 1.82) is 0 Å². The fourth-order valence-corrected chi connectivity index (χ4v) is 6.97. The van der Waals surface area contributed by atoms with Crippen molar-refractivity contribution in [3.63, 3.8) is 0 Å². The topological polar surface area (TPSA) is 173 Å². The quantitative estimate of drug-likeness (QED) is 0.155. The fraction of sp³-hybridized carbons (Fsp3) is 0.122. The SMILES string of the molecule is Cc1ccc(C(=O)c2n[nH]c3ccccc3c2=O)cc1C.Cc1cccc(Cn2nc(C(=O)c3ccc(C)c(C)c3)c(=O)c3ccccc32)n1.O=c1c(Br)n[nH]c2ccccc12. The number of aryl methyl sites for hydroxylation is 5. The van der Waals surface area contributed by atoms with Crippen LogP contribution >= 0.6 is 15.9 Å². The summed E-state index contributed by atoms with van der Waals surface area (Å²) in [6, 6.07) is 38.1. The van der Waals surface area contributed by atoms with E-state index in [0.717, 1.165) is 39.2 Å². The molecule has 62 heavy (non-hydrogen) atoms. The molecule has 0 atom stereocenters. The summed E-state index contributed by atoms with van der Waals surface area (Å²) in [6.07, 6.45) is 0. The molecule has 13 heteroatoms. The number of carbonyl (C=O) groups is 2. The molecule has 0 aliphatic carbocycles. The third-order valence-electron chi connectivity index (χ3n) is 10.4. The molecule has 0 radical (unpaired) electrons. The van der Waals surface area contributed by atoms with Crippen LogP contribution in [-0.4, -0.2) is 46.7 Å². The fourth-order valence-electron chi connectivity index (χ4n) is 6.66. The molecular weight excluding hydrogens is 846 g/mol. The standard InChI is InChI=1S/C24H21N3O2.C17H14N2O2.C8H5BrN2O/c1-15-11-12-18(13-16(15)2)23(28)22-24(29)20-9-4-5-10-21(20)27(26-22)14-19-8-6-7-17(3)25-19;1-10-7-8-12(9-11(10)2)16(20)15-17(21)13-5-3-4-6-14(13)18-19-15;9-8-7(12)5-3-1-2-4-6(5)10-11-8/h4-13H,14H2,1-3H3;3-9H,1-2H3,(H,18,21);1-4H,(H,10,12). The van der Waals surface area contributed by atoms with Crippen LogP contribution in [0.5, 0.6) is 0 Å². The van der Waals surface area contributed by atoms with Gasteiger partial charge in [-0.25, -0.2) is 0 Å². The van der Waals surface area contributed by atoms with Gasteiger partial charge in [0.25, 0.3) is 0 Å². The van der Waals surface area contributed by atoms with Crippen LogP contribution in [0, 0.1) is 34.6 Å². The molecule has 12 nitrogen and oxygen atoms in total. The zero-order valence-corrected chi connectivity index (χ0v) is 36.1. The van der Waals surface area contributed by atoms with E-state index in [2.05, 4.69) is 46.4 Å². The maximum absolute atomic E-state index is 13.1. The Hall–Kier alpha value is -7.51. The second kappa shape index (κ2) is 18.4. The minimum absolute atomic E-state index is 0.0698. The van der Waals surface area contributed by atoms with Gasteiger partial charge in [0, 0.05) is 33.0 Å². The van der Waals surface area contributed by atoms with Crippen molar-refractivity contribution in [1.82, 2.24) is 35.2 Å². The molecule has 2 N–H and O–H groups in total. The number of para-hydroxylation sites is 3. The largest absolute Gasteiger partial charge is 0.287 e. The highest BCUT2D eigenvalue weighted by Crippen LogP contribution is 2.17. The minimum atomic E-state index is -0.366. The third-order valence-corrected chi connectivity index (χ3v) is 10.9. The van der Waals surface area contributed by atoms with Gasteiger partial charge in [0.2, 0.25) is 27.9 Å². The van der Waals surface area contributed by atoms with Gasteiger partial charge in [-0.2, -0.15) is 15.3 Å². The number of aromatic amines is 2. The van der Waals surface area contributed by atoms with Crippen LogP contribution in [0.25, 0.3) is 32.7 Å². The van der Waals surface area contributed by atoms with E-state index in [1.165, 1.54) is 0 Å². The monoisotopic (exact) mass is 885 g/mol. The van der Waals surface area contributed by atoms with Crippen LogP contribution in [0.1, 0.15) is 65.7 Å². The number of nitrogens with one attached hydrogen (secondary N) is 2. The van der Waals surface area contributed by atoms with E-state index in [4.69, 9.17) is 0 Å². The normalized spacial score (nSPS) is 10.8. The molecule has 5 aromatic carbocycles. The van der Waals surface area contributed by atoms with Crippen molar-refractivity contribution >= 4 is 60.2 Å². The molecule has 4 heterocycles. The van der Waals surface area contributed by atoms with Crippen LogP contribution in [0.15, 0.2) is 146 Å². The summed E-state index contributed by atoms with van der Waals surface area (Å²) in [4.78, 5) is 67.0. The maximum Gasteiger partial charge on any atom is 0.222 e. The van der Waals surface area contributed by atoms with Gasteiger partial charge in [-0.15, -0.1) is 0 Å². The first-order valence-corrected chi connectivity index (χ1v) is 20.4. The van der Waals surface area contributed by atoms with E-state index in [9.17, 15) is 24.0 Å². The number of pyridine rings is 1. The number of hydrogen-bond donors (Lipinski definition) is 2. The molecule has 0 spiro atoms. The zero-order valence-electron chi connectivity index (χ0n) is 34.5. The highest BCUT2D eigenvalue weighted by Gasteiger charge is 2.20. The lowest BCUT2D eigenvalue weighted by Crippen LogP contribution is -2.24. The first-order chi connectivity index (χ1) is 29.8. The summed E-state index contributed by atoms with van der Waals surface area (Å²) in [5, 5.41) is 19.3. The summed E-state index contributed by atoms with van der Waals surface area (Å²) in [6.45, 7) is 10.1. The van der Waals surface area contributed by atoms with Gasteiger partial charge in [0.1, 0.15) is 0 Å². The molecule has 9 aromatic rings. The Morgan fingerprint density at radius 1 is 0.548 bits per heavy atom.